The van der Waals surface area contributed by atoms with Crippen LogP contribution >= 0.6 is 0 Å². The van der Waals surface area contributed by atoms with Crippen molar-refractivity contribution in [2.75, 3.05) is 0 Å². The first-order valence-corrected chi connectivity index (χ1v) is 19.9. The standard InChI is InChI=1S/C54H34N4/c1-3-11-43-34(7-1)9-5-13-45(43)49-29-25-38-19-17-36-23-27-47(55-51(36)53(38)57-49)40-21-15-33-16-22-41(32-42(33)31-40)48-28-24-37-18-20-39-26-30-50(58-54(39)52(37)56-48)46-14-6-10-35-8-2-4-12-44(35)46/h1-21,23-32,41H,22H2. The molecule has 1 aliphatic rings. The van der Waals surface area contributed by atoms with Gasteiger partial charge in [0.15, 0.2) is 0 Å². The first kappa shape index (κ1) is 32.7. The molecule has 0 saturated heterocycles. The molecule has 0 amide bonds. The maximum atomic E-state index is 5.35. The van der Waals surface area contributed by atoms with Crippen LogP contribution in [-0.4, -0.2) is 19.9 Å². The van der Waals surface area contributed by atoms with Crippen LogP contribution < -0.4 is 10.4 Å². The van der Waals surface area contributed by atoms with Crippen molar-refractivity contribution < 1.29 is 0 Å². The summed E-state index contributed by atoms with van der Waals surface area (Å²) in [5.74, 6) is 0.133. The highest BCUT2D eigenvalue weighted by Gasteiger charge is 2.16. The summed E-state index contributed by atoms with van der Waals surface area (Å²) in [5.41, 5.74) is 10.9. The van der Waals surface area contributed by atoms with Crippen LogP contribution in [0.25, 0.3) is 111 Å². The molecular weight excluding hydrogens is 705 g/mol. The third-order valence-corrected chi connectivity index (χ3v) is 11.9. The number of fused-ring (bicyclic) bond motifs is 9. The van der Waals surface area contributed by atoms with E-state index < -0.39 is 0 Å². The van der Waals surface area contributed by atoms with Gasteiger partial charge in [0.05, 0.1) is 39.1 Å². The minimum atomic E-state index is 0.133. The molecule has 1 unspecified atom stereocenters. The average Bonchev–Trinajstić information content (AvgIpc) is 3.30. The molecule has 1 atom stereocenters. The summed E-state index contributed by atoms with van der Waals surface area (Å²) in [6.07, 6.45) is 5.60. The lowest BCUT2D eigenvalue weighted by atomic mass is 9.92. The van der Waals surface area contributed by atoms with E-state index >= 15 is 0 Å². The Morgan fingerprint density at radius 3 is 1.45 bits per heavy atom. The second-order valence-corrected chi connectivity index (χ2v) is 15.4. The first-order chi connectivity index (χ1) is 28.7. The van der Waals surface area contributed by atoms with Gasteiger partial charge in [0.2, 0.25) is 0 Å². The van der Waals surface area contributed by atoms with Gasteiger partial charge in [0.25, 0.3) is 0 Å². The number of hydrogen-bond donors (Lipinski definition) is 0. The first-order valence-electron chi connectivity index (χ1n) is 19.9. The smallest absolute Gasteiger partial charge is 0.0972 e. The maximum absolute atomic E-state index is 5.35. The molecule has 270 valence electrons. The van der Waals surface area contributed by atoms with Crippen LogP contribution in [0.4, 0.5) is 0 Å². The lowest BCUT2D eigenvalue weighted by molar-refractivity contribution is 0.882. The van der Waals surface area contributed by atoms with Crippen molar-refractivity contribution in [2.45, 2.75) is 12.3 Å². The second kappa shape index (κ2) is 13.0. The Hall–Kier alpha value is -7.56. The highest BCUT2D eigenvalue weighted by molar-refractivity contribution is 6.06. The van der Waals surface area contributed by atoms with Crippen molar-refractivity contribution in [3.63, 3.8) is 0 Å². The Morgan fingerprint density at radius 2 is 0.845 bits per heavy atom. The molecule has 4 aromatic heterocycles. The molecule has 0 bridgehead atoms. The van der Waals surface area contributed by atoms with Crippen LogP contribution in [-0.2, 0) is 0 Å². The number of pyridine rings is 4. The minimum Gasteiger partial charge on any atom is -0.250 e. The van der Waals surface area contributed by atoms with Crippen molar-refractivity contribution >= 4 is 77.3 Å². The highest BCUT2D eigenvalue weighted by Crippen LogP contribution is 2.34. The van der Waals surface area contributed by atoms with Crippen LogP contribution in [0, 0.1) is 0 Å². The Labute approximate surface area is 334 Å². The fourth-order valence-electron chi connectivity index (χ4n) is 8.92. The SMILES string of the molecule is C1=c2ccc(-c3ccc4ccc5ccc(-c6cccc7ccccc67)nc5c4n3)cc2=CC(c2ccc3ccc4ccc(-c5cccc6ccccc56)nc4c3n2)C1. The molecule has 4 nitrogen and oxygen atoms in total. The van der Waals surface area contributed by atoms with Crippen molar-refractivity contribution in [3.8, 4) is 33.8 Å². The summed E-state index contributed by atoms with van der Waals surface area (Å²) < 4.78 is 0. The quantitative estimate of drug-likeness (QED) is 0.169. The zero-order valence-electron chi connectivity index (χ0n) is 31.5. The van der Waals surface area contributed by atoms with E-state index in [1.807, 2.05) is 0 Å². The largest absolute Gasteiger partial charge is 0.250 e. The van der Waals surface area contributed by atoms with Crippen molar-refractivity contribution in [1.29, 1.82) is 0 Å². The van der Waals surface area contributed by atoms with Gasteiger partial charge in [-0.1, -0.05) is 158 Å². The number of aromatic nitrogens is 4. The summed E-state index contributed by atoms with van der Waals surface area (Å²) in [4.78, 5) is 21.2. The molecule has 0 spiro atoms. The maximum Gasteiger partial charge on any atom is 0.0972 e. The molecule has 7 aromatic carbocycles. The molecule has 11 aromatic rings. The summed E-state index contributed by atoms with van der Waals surface area (Å²) in [6, 6.07) is 62.4. The van der Waals surface area contributed by atoms with Gasteiger partial charge < -0.3 is 0 Å². The van der Waals surface area contributed by atoms with Gasteiger partial charge in [0.1, 0.15) is 0 Å². The van der Waals surface area contributed by atoms with Crippen LogP contribution in [0.1, 0.15) is 18.0 Å². The van der Waals surface area contributed by atoms with Crippen LogP contribution in [0.2, 0.25) is 0 Å². The number of rotatable bonds is 4. The molecule has 12 rings (SSSR count). The van der Waals surface area contributed by atoms with Crippen LogP contribution in [0.5, 0.6) is 0 Å². The van der Waals surface area contributed by atoms with Gasteiger partial charge in [-0.2, -0.15) is 0 Å². The van der Waals surface area contributed by atoms with E-state index in [4.69, 9.17) is 19.9 Å². The molecule has 0 aliphatic heterocycles. The topological polar surface area (TPSA) is 51.6 Å². The van der Waals surface area contributed by atoms with E-state index in [-0.39, 0.29) is 5.92 Å². The zero-order chi connectivity index (χ0) is 38.2. The lowest BCUT2D eigenvalue weighted by Gasteiger charge is -2.16. The third kappa shape index (κ3) is 5.37. The molecule has 4 heterocycles. The zero-order valence-corrected chi connectivity index (χ0v) is 31.5. The molecule has 58 heavy (non-hydrogen) atoms. The molecule has 0 radical (unpaired) electrons. The summed E-state index contributed by atoms with van der Waals surface area (Å²) >= 11 is 0. The average molecular weight is 739 g/mol. The van der Waals surface area contributed by atoms with E-state index in [2.05, 4.69) is 188 Å². The fraction of sp³-hybridized carbons (Fsp3) is 0.0370. The third-order valence-electron chi connectivity index (χ3n) is 11.9. The van der Waals surface area contributed by atoms with Crippen LogP contribution in [0.15, 0.2) is 176 Å². The molecule has 1 aliphatic carbocycles. The summed E-state index contributed by atoms with van der Waals surface area (Å²) in [7, 11) is 0. The van der Waals surface area contributed by atoms with E-state index in [1.54, 1.807) is 0 Å². The Morgan fingerprint density at radius 1 is 0.362 bits per heavy atom. The Kier molecular flexibility index (Phi) is 7.32. The van der Waals surface area contributed by atoms with Gasteiger partial charge in [-0.3, -0.25) is 0 Å². The van der Waals surface area contributed by atoms with E-state index in [0.717, 1.165) is 89.5 Å². The van der Waals surface area contributed by atoms with Gasteiger partial charge in [0, 0.05) is 49.8 Å². The lowest BCUT2D eigenvalue weighted by Crippen LogP contribution is -2.28. The Balaban J connectivity index is 0.932. The van der Waals surface area contributed by atoms with E-state index in [1.165, 1.54) is 32.0 Å². The minimum absolute atomic E-state index is 0.133. The summed E-state index contributed by atoms with van der Waals surface area (Å²) in [5, 5.41) is 11.6. The fourth-order valence-corrected chi connectivity index (χ4v) is 8.92. The predicted octanol–water partition coefficient (Wildman–Crippen LogP) is 11.9. The van der Waals surface area contributed by atoms with E-state index in [0.29, 0.717) is 0 Å². The summed E-state index contributed by atoms with van der Waals surface area (Å²) in [6.45, 7) is 0. The molecule has 0 fully saturated rings. The second-order valence-electron chi connectivity index (χ2n) is 15.4. The highest BCUT2D eigenvalue weighted by atomic mass is 14.8. The normalized spacial score (nSPS) is 13.9. The number of benzene rings is 7. The monoisotopic (exact) mass is 738 g/mol. The Bertz CT molecular complexity index is 3620. The molecule has 0 saturated carbocycles. The van der Waals surface area contributed by atoms with E-state index in [9.17, 15) is 0 Å². The molecule has 4 heteroatoms. The number of nitrogens with zero attached hydrogens (tertiary/aromatic N) is 4. The molecule has 0 N–H and O–H groups in total. The van der Waals surface area contributed by atoms with Crippen molar-refractivity contribution in [2.24, 2.45) is 0 Å². The van der Waals surface area contributed by atoms with Crippen molar-refractivity contribution in [3.05, 3.63) is 192 Å². The van der Waals surface area contributed by atoms with Gasteiger partial charge in [-0.25, -0.2) is 19.9 Å². The predicted molar refractivity (Wildman–Crippen MR) is 241 cm³/mol. The number of hydrogen-bond acceptors (Lipinski definition) is 4. The van der Waals surface area contributed by atoms with Crippen LogP contribution in [0.3, 0.4) is 0 Å². The van der Waals surface area contributed by atoms with Crippen molar-refractivity contribution in [1.82, 2.24) is 19.9 Å². The van der Waals surface area contributed by atoms with Gasteiger partial charge in [-0.15, -0.1) is 0 Å². The molecular formula is C54H34N4. The van der Waals surface area contributed by atoms with Gasteiger partial charge in [-0.05, 0) is 68.7 Å². The van der Waals surface area contributed by atoms with Gasteiger partial charge >= 0.3 is 0 Å².